The normalized spacial score (nSPS) is 12.5. The lowest BCUT2D eigenvalue weighted by atomic mass is 9.98. The van der Waals surface area contributed by atoms with E-state index in [1.54, 1.807) is 12.1 Å². The molecular weight excluding hydrogens is 251 g/mol. The first kappa shape index (κ1) is 13.1. The molecule has 0 bridgehead atoms. The maximum absolute atomic E-state index is 13.8. The Hall–Kier alpha value is -1.38. The Bertz CT molecular complexity index is 560. The molecule has 0 aliphatic rings. The van der Waals surface area contributed by atoms with Gasteiger partial charge in [-0.2, -0.15) is 0 Å². The molecule has 0 fully saturated rings. The van der Waals surface area contributed by atoms with Crippen molar-refractivity contribution in [1.82, 2.24) is 0 Å². The molecule has 2 rings (SSSR count). The summed E-state index contributed by atoms with van der Waals surface area (Å²) in [4.78, 5) is 0. The van der Waals surface area contributed by atoms with Gasteiger partial charge in [0, 0.05) is 5.56 Å². The average molecular weight is 265 g/mol. The molecular formula is C15H14ClFO. The molecule has 0 aliphatic carbocycles. The van der Waals surface area contributed by atoms with E-state index in [9.17, 15) is 9.50 Å². The van der Waals surface area contributed by atoms with Crippen molar-refractivity contribution in [2.24, 2.45) is 0 Å². The zero-order chi connectivity index (χ0) is 13.3. The second-order valence-electron chi connectivity index (χ2n) is 4.47. The Morgan fingerprint density at radius 1 is 1.11 bits per heavy atom. The van der Waals surface area contributed by atoms with Crippen LogP contribution in [-0.4, -0.2) is 5.11 Å². The number of aryl methyl sites for hydroxylation is 2. The summed E-state index contributed by atoms with van der Waals surface area (Å²) in [5, 5.41) is 10.3. The van der Waals surface area contributed by atoms with Gasteiger partial charge in [-0.15, -0.1) is 0 Å². The molecule has 0 saturated heterocycles. The van der Waals surface area contributed by atoms with Crippen LogP contribution in [0.1, 0.15) is 28.4 Å². The first-order valence-corrected chi connectivity index (χ1v) is 6.07. The number of halogens is 2. The Kier molecular flexibility index (Phi) is 3.69. The first-order chi connectivity index (χ1) is 8.49. The molecule has 1 nitrogen and oxygen atoms in total. The predicted molar refractivity (Wildman–Crippen MR) is 71.4 cm³/mol. The maximum atomic E-state index is 13.8. The van der Waals surface area contributed by atoms with E-state index in [0.717, 1.165) is 11.1 Å². The maximum Gasteiger partial charge on any atom is 0.147 e. The summed E-state index contributed by atoms with van der Waals surface area (Å²) >= 11 is 5.72. The van der Waals surface area contributed by atoms with E-state index in [1.165, 1.54) is 6.07 Å². The fourth-order valence-electron chi connectivity index (χ4n) is 2.08. The number of aliphatic hydroxyl groups is 1. The van der Waals surface area contributed by atoms with Crippen molar-refractivity contribution < 1.29 is 9.50 Å². The van der Waals surface area contributed by atoms with Crippen LogP contribution < -0.4 is 0 Å². The van der Waals surface area contributed by atoms with Crippen LogP contribution in [0.15, 0.2) is 36.4 Å². The summed E-state index contributed by atoms with van der Waals surface area (Å²) in [6, 6.07) is 10.3. The summed E-state index contributed by atoms with van der Waals surface area (Å²) < 4.78 is 13.8. The molecule has 0 spiro atoms. The van der Waals surface area contributed by atoms with Crippen LogP contribution in [0.2, 0.25) is 5.02 Å². The largest absolute Gasteiger partial charge is 0.384 e. The molecule has 0 amide bonds. The van der Waals surface area contributed by atoms with Crippen LogP contribution in [0.4, 0.5) is 4.39 Å². The van der Waals surface area contributed by atoms with Crippen LogP contribution in [0.3, 0.4) is 0 Å². The molecule has 0 aromatic heterocycles. The highest BCUT2D eigenvalue weighted by Crippen LogP contribution is 2.28. The van der Waals surface area contributed by atoms with Crippen molar-refractivity contribution >= 4 is 11.6 Å². The Labute approximate surface area is 111 Å². The van der Waals surface area contributed by atoms with Gasteiger partial charge >= 0.3 is 0 Å². The first-order valence-electron chi connectivity index (χ1n) is 5.69. The van der Waals surface area contributed by atoms with Gasteiger partial charge in [-0.25, -0.2) is 4.39 Å². The number of aliphatic hydroxyl groups excluding tert-OH is 1. The van der Waals surface area contributed by atoms with E-state index >= 15 is 0 Å². The third kappa shape index (κ3) is 2.55. The van der Waals surface area contributed by atoms with E-state index < -0.39 is 11.9 Å². The third-order valence-corrected chi connectivity index (χ3v) is 3.13. The van der Waals surface area contributed by atoms with Crippen molar-refractivity contribution in [2.45, 2.75) is 20.0 Å². The summed E-state index contributed by atoms with van der Waals surface area (Å²) in [7, 11) is 0. The van der Waals surface area contributed by atoms with Crippen molar-refractivity contribution in [3.63, 3.8) is 0 Å². The minimum Gasteiger partial charge on any atom is -0.384 e. The second kappa shape index (κ2) is 5.09. The van der Waals surface area contributed by atoms with Gasteiger partial charge in [-0.05, 0) is 25.5 Å². The monoisotopic (exact) mass is 264 g/mol. The summed E-state index contributed by atoms with van der Waals surface area (Å²) in [5.41, 5.74) is 2.94. The van der Waals surface area contributed by atoms with Crippen LogP contribution in [0.25, 0.3) is 0 Å². The molecule has 1 N–H and O–H groups in total. The van der Waals surface area contributed by atoms with Crippen molar-refractivity contribution in [1.29, 1.82) is 0 Å². The topological polar surface area (TPSA) is 20.2 Å². The Morgan fingerprint density at radius 2 is 1.72 bits per heavy atom. The number of rotatable bonds is 2. The van der Waals surface area contributed by atoms with Crippen molar-refractivity contribution in [3.8, 4) is 0 Å². The molecule has 3 heteroatoms. The van der Waals surface area contributed by atoms with Gasteiger partial charge < -0.3 is 5.11 Å². The fraction of sp³-hybridized carbons (Fsp3) is 0.200. The SMILES string of the molecule is Cc1cc(C)cc(C(O)c2cccc(Cl)c2F)c1. The van der Waals surface area contributed by atoms with Gasteiger partial charge in [-0.3, -0.25) is 0 Å². The molecule has 94 valence electrons. The molecule has 2 aromatic carbocycles. The van der Waals surface area contributed by atoms with Gasteiger partial charge in [-0.1, -0.05) is 53.1 Å². The van der Waals surface area contributed by atoms with Crippen LogP contribution in [0.5, 0.6) is 0 Å². The van der Waals surface area contributed by atoms with Gasteiger partial charge in [0.2, 0.25) is 0 Å². The average Bonchev–Trinajstić information content (AvgIpc) is 2.30. The van der Waals surface area contributed by atoms with E-state index in [2.05, 4.69) is 0 Å². The van der Waals surface area contributed by atoms with E-state index in [1.807, 2.05) is 32.0 Å². The van der Waals surface area contributed by atoms with E-state index in [-0.39, 0.29) is 10.6 Å². The summed E-state index contributed by atoms with van der Waals surface area (Å²) in [5.74, 6) is -0.564. The van der Waals surface area contributed by atoms with Crippen molar-refractivity contribution in [2.75, 3.05) is 0 Å². The fourth-order valence-corrected chi connectivity index (χ4v) is 2.26. The zero-order valence-corrected chi connectivity index (χ0v) is 11.0. The lowest BCUT2D eigenvalue weighted by Gasteiger charge is -2.14. The standard InChI is InChI=1S/C15H14ClFO/c1-9-6-10(2)8-11(7-9)15(18)12-4-3-5-13(16)14(12)17/h3-8,15,18H,1-2H3. The second-order valence-corrected chi connectivity index (χ2v) is 4.87. The molecule has 2 aromatic rings. The highest BCUT2D eigenvalue weighted by atomic mass is 35.5. The van der Waals surface area contributed by atoms with Crippen LogP contribution >= 0.6 is 11.6 Å². The van der Waals surface area contributed by atoms with E-state index in [0.29, 0.717) is 5.56 Å². The Balaban J connectivity index is 2.47. The molecule has 18 heavy (non-hydrogen) atoms. The van der Waals surface area contributed by atoms with Gasteiger partial charge in [0.05, 0.1) is 5.02 Å². The van der Waals surface area contributed by atoms with Gasteiger partial charge in [0.15, 0.2) is 0 Å². The smallest absolute Gasteiger partial charge is 0.147 e. The minimum atomic E-state index is -0.998. The molecule has 0 heterocycles. The van der Waals surface area contributed by atoms with E-state index in [4.69, 9.17) is 11.6 Å². The number of hydrogen-bond acceptors (Lipinski definition) is 1. The van der Waals surface area contributed by atoms with Crippen LogP contribution in [0, 0.1) is 19.7 Å². The summed E-state index contributed by atoms with van der Waals surface area (Å²) in [6.07, 6.45) is -0.998. The summed E-state index contributed by atoms with van der Waals surface area (Å²) in [6.45, 7) is 3.88. The lowest BCUT2D eigenvalue weighted by Crippen LogP contribution is -2.03. The van der Waals surface area contributed by atoms with Gasteiger partial charge in [0.1, 0.15) is 11.9 Å². The molecule has 0 aliphatic heterocycles. The third-order valence-electron chi connectivity index (χ3n) is 2.84. The van der Waals surface area contributed by atoms with Crippen molar-refractivity contribution in [3.05, 3.63) is 69.5 Å². The molecule has 1 unspecified atom stereocenters. The zero-order valence-electron chi connectivity index (χ0n) is 10.2. The Morgan fingerprint density at radius 3 is 2.33 bits per heavy atom. The number of benzene rings is 2. The highest BCUT2D eigenvalue weighted by Gasteiger charge is 2.17. The predicted octanol–water partition coefficient (Wildman–Crippen LogP) is 4.18. The molecule has 1 atom stereocenters. The highest BCUT2D eigenvalue weighted by molar-refractivity contribution is 6.30. The number of hydrogen-bond donors (Lipinski definition) is 1. The molecule has 0 saturated carbocycles. The molecule has 0 radical (unpaired) electrons. The quantitative estimate of drug-likeness (QED) is 0.863. The van der Waals surface area contributed by atoms with Gasteiger partial charge in [0.25, 0.3) is 0 Å². The minimum absolute atomic E-state index is 0.0240. The van der Waals surface area contributed by atoms with Crippen LogP contribution in [-0.2, 0) is 0 Å². The lowest BCUT2D eigenvalue weighted by molar-refractivity contribution is 0.215.